The van der Waals surface area contributed by atoms with Crippen LogP contribution in [0.3, 0.4) is 0 Å². The summed E-state index contributed by atoms with van der Waals surface area (Å²) in [6, 6.07) is 12.1. The van der Waals surface area contributed by atoms with Crippen LogP contribution in [-0.2, 0) is 10.2 Å². The Morgan fingerprint density at radius 1 is 1.19 bits per heavy atom. The lowest BCUT2D eigenvalue weighted by atomic mass is 9.84. The zero-order valence-electron chi connectivity index (χ0n) is 16.2. The summed E-state index contributed by atoms with van der Waals surface area (Å²) in [5.41, 5.74) is 1.01. The Labute approximate surface area is 160 Å². The number of ether oxygens (including phenoxy) is 2. The van der Waals surface area contributed by atoms with Crippen molar-refractivity contribution in [1.29, 1.82) is 0 Å². The summed E-state index contributed by atoms with van der Waals surface area (Å²) in [5, 5.41) is 2.81. The molecule has 2 aromatic carbocycles. The topological polar surface area (TPSA) is 47.6 Å². The van der Waals surface area contributed by atoms with Gasteiger partial charge in [-0.15, -0.1) is 0 Å². The molecule has 0 aromatic heterocycles. The Bertz CT molecular complexity index is 815. The van der Waals surface area contributed by atoms with Crippen LogP contribution in [0.4, 0.5) is 4.39 Å². The van der Waals surface area contributed by atoms with Crippen LogP contribution in [0.25, 0.3) is 6.08 Å². The summed E-state index contributed by atoms with van der Waals surface area (Å²) in [5.74, 6) is 0.498. The molecule has 2 rings (SSSR count). The molecule has 0 radical (unpaired) electrons. The van der Waals surface area contributed by atoms with Gasteiger partial charge in [0.25, 0.3) is 5.91 Å². The van der Waals surface area contributed by atoms with Crippen molar-refractivity contribution in [3.8, 4) is 11.5 Å². The molecule has 0 heterocycles. The molecule has 4 nitrogen and oxygen atoms in total. The molecular weight excluding hydrogens is 345 g/mol. The van der Waals surface area contributed by atoms with Crippen LogP contribution in [0.2, 0.25) is 0 Å². The molecule has 0 saturated heterocycles. The molecule has 1 N–H and O–H groups in total. The SMILES string of the molecule is C/C=C/c1ccc(OCC(=O)NCC(C)(C)c2ccccc2F)c(OC)c1. The predicted molar refractivity (Wildman–Crippen MR) is 106 cm³/mol. The Morgan fingerprint density at radius 2 is 1.93 bits per heavy atom. The van der Waals surface area contributed by atoms with Crippen molar-refractivity contribution in [1.82, 2.24) is 5.32 Å². The highest BCUT2D eigenvalue weighted by atomic mass is 19.1. The molecule has 0 spiro atoms. The molecule has 0 bridgehead atoms. The average molecular weight is 371 g/mol. The quantitative estimate of drug-likeness (QED) is 0.751. The third kappa shape index (κ3) is 5.58. The first-order valence-corrected chi connectivity index (χ1v) is 8.82. The number of hydrogen-bond acceptors (Lipinski definition) is 3. The summed E-state index contributed by atoms with van der Waals surface area (Å²) in [6.45, 7) is 5.86. The predicted octanol–water partition coefficient (Wildman–Crippen LogP) is 4.34. The van der Waals surface area contributed by atoms with Gasteiger partial charge in [0.1, 0.15) is 5.82 Å². The van der Waals surface area contributed by atoms with Crippen LogP contribution in [0, 0.1) is 5.82 Å². The molecule has 27 heavy (non-hydrogen) atoms. The fraction of sp³-hybridized carbons (Fsp3) is 0.318. The van der Waals surface area contributed by atoms with E-state index in [-0.39, 0.29) is 18.3 Å². The van der Waals surface area contributed by atoms with E-state index in [0.29, 0.717) is 23.6 Å². The Hall–Kier alpha value is -2.82. The second kappa shape index (κ2) is 9.21. The van der Waals surface area contributed by atoms with Gasteiger partial charge in [0, 0.05) is 12.0 Å². The molecule has 0 atom stereocenters. The zero-order valence-corrected chi connectivity index (χ0v) is 16.2. The van der Waals surface area contributed by atoms with Crippen LogP contribution in [0.15, 0.2) is 48.5 Å². The van der Waals surface area contributed by atoms with Gasteiger partial charge in [0.2, 0.25) is 0 Å². The third-order valence-electron chi connectivity index (χ3n) is 4.24. The number of hydrogen-bond donors (Lipinski definition) is 1. The number of allylic oxidation sites excluding steroid dienone is 1. The van der Waals surface area contributed by atoms with Crippen LogP contribution in [-0.4, -0.2) is 26.2 Å². The highest BCUT2D eigenvalue weighted by Gasteiger charge is 2.24. The van der Waals surface area contributed by atoms with Crippen molar-refractivity contribution >= 4 is 12.0 Å². The van der Waals surface area contributed by atoms with E-state index in [4.69, 9.17) is 9.47 Å². The molecular formula is C22H26FNO3. The van der Waals surface area contributed by atoms with E-state index in [1.54, 1.807) is 31.4 Å². The monoisotopic (exact) mass is 371 g/mol. The molecule has 0 aliphatic heterocycles. The maximum absolute atomic E-state index is 14.0. The van der Waals surface area contributed by atoms with Crippen molar-refractivity contribution in [3.63, 3.8) is 0 Å². The molecule has 5 heteroatoms. The van der Waals surface area contributed by atoms with Gasteiger partial charge in [0.05, 0.1) is 7.11 Å². The van der Waals surface area contributed by atoms with Crippen molar-refractivity contribution in [3.05, 3.63) is 65.5 Å². The van der Waals surface area contributed by atoms with Gasteiger partial charge < -0.3 is 14.8 Å². The summed E-state index contributed by atoms with van der Waals surface area (Å²) in [7, 11) is 1.55. The van der Waals surface area contributed by atoms with Gasteiger partial charge in [-0.2, -0.15) is 0 Å². The number of benzene rings is 2. The van der Waals surface area contributed by atoms with E-state index in [0.717, 1.165) is 5.56 Å². The smallest absolute Gasteiger partial charge is 0.257 e. The number of rotatable bonds is 8. The van der Waals surface area contributed by atoms with E-state index in [1.807, 2.05) is 45.1 Å². The van der Waals surface area contributed by atoms with Crippen LogP contribution in [0.5, 0.6) is 11.5 Å². The average Bonchev–Trinajstić information content (AvgIpc) is 2.65. The lowest BCUT2D eigenvalue weighted by molar-refractivity contribution is -0.123. The number of halogens is 1. The third-order valence-corrected chi connectivity index (χ3v) is 4.24. The van der Waals surface area contributed by atoms with Gasteiger partial charge in [-0.05, 0) is 36.2 Å². The maximum Gasteiger partial charge on any atom is 0.257 e. The Kier molecular flexibility index (Phi) is 6.99. The first-order chi connectivity index (χ1) is 12.9. The van der Waals surface area contributed by atoms with E-state index >= 15 is 0 Å². The minimum absolute atomic E-state index is 0.146. The standard InChI is InChI=1S/C22H26FNO3/c1-5-8-16-11-12-19(20(13-16)26-4)27-14-21(25)24-15-22(2,3)17-9-6-7-10-18(17)23/h5-13H,14-15H2,1-4H3,(H,24,25)/b8-5+. The van der Waals surface area contributed by atoms with Crippen LogP contribution in [0.1, 0.15) is 31.9 Å². The van der Waals surface area contributed by atoms with Gasteiger partial charge >= 0.3 is 0 Å². The van der Waals surface area contributed by atoms with Gasteiger partial charge in [0.15, 0.2) is 18.1 Å². The lowest BCUT2D eigenvalue weighted by Gasteiger charge is -2.26. The van der Waals surface area contributed by atoms with Gasteiger partial charge in [-0.3, -0.25) is 4.79 Å². The number of amides is 1. The molecule has 2 aromatic rings. The normalized spacial score (nSPS) is 11.4. The first-order valence-electron chi connectivity index (χ1n) is 8.82. The summed E-state index contributed by atoms with van der Waals surface area (Å²) < 4.78 is 24.9. The van der Waals surface area contributed by atoms with Crippen molar-refractivity contribution in [2.45, 2.75) is 26.2 Å². The highest BCUT2D eigenvalue weighted by molar-refractivity contribution is 5.77. The molecule has 0 saturated carbocycles. The molecule has 0 unspecified atom stereocenters. The number of carbonyl (C=O) groups is 1. The van der Waals surface area contributed by atoms with E-state index in [2.05, 4.69) is 5.32 Å². The lowest BCUT2D eigenvalue weighted by Crippen LogP contribution is -2.39. The second-order valence-electron chi connectivity index (χ2n) is 6.84. The molecule has 144 valence electrons. The van der Waals surface area contributed by atoms with E-state index in [1.165, 1.54) is 6.07 Å². The van der Waals surface area contributed by atoms with E-state index in [9.17, 15) is 9.18 Å². The zero-order chi connectivity index (χ0) is 19.9. The fourth-order valence-corrected chi connectivity index (χ4v) is 2.72. The molecule has 1 amide bonds. The van der Waals surface area contributed by atoms with Crippen molar-refractivity contribution in [2.75, 3.05) is 20.3 Å². The van der Waals surface area contributed by atoms with E-state index < -0.39 is 5.41 Å². The van der Waals surface area contributed by atoms with Crippen LogP contribution < -0.4 is 14.8 Å². The summed E-state index contributed by atoms with van der Waals surface area (Å²) in [4.78, 5) is 12.2. The summed E-state index contributed by atoms with van der Waals surface area (Å²) in [6.07, 6.45) is 3.88. The Morgan fingerprint density at radius 3 is 2.59 bits per heavy atom. The number of nitrogens with one attached hydrogen (secondary N) is 1. The van der Waals surface area contributed by atoms with Gasteiger partial charge in [-0.1, -0.05) is 50.3 Å². The molecule has 0 fully saturated rings. The van der Waals surface area contributed by atoms with Crippen LogP contribution >= 0.6 is 0 Å². The minimum atomic E-state index is -0.535. The summed E-state index contributed by atoms with van der Waals surface area (Å²) >= 11 is 0. The van der Waals surface area contributed by atoms with Crippen molar-refractivity contribution < 1.29 is 18.7 Å². The highest BCUT2D eigenvalue weighted by Crippen LogP contribution is 2.28. The first kappa shape index (κ1) is 20.5. The van der Waals surface area contributed by atoms with Gasteiger partial charge in [-0.25, -0.2) is 4.39 Å². The number of methoxy groups -OCH3 is 1. The molecule has 0 aliphatic carbocycles. The fourth-order valence-electron chi connectivity index (χ4n) is 2.72. The maximum atomic E-state index is 14.0. The largest absolute Gasteiger partial charge is 0.493 e. The minimum Gasteiger partial charge on any atom is -0.493 e. The second-order valence-corrected chi connectivity index (χ2v) is 6.84. The number of carbonyl (C=O) groups excluding carboxylic acids is 1. The van der Waals surface area contributed by atoms with Crippen molar-refractivity contribution in [2.24, 2.45) is 0 Å². The molecule has 0 aliphatic rings. The Balaban J connectivity index is 1.94.